The van der Waals surface area contributed by atoms with Gasteiger partial charge in [0.2, 0.25) is 0 Å². The van der Waals surface area contributed by atoms with Crippen molar-refractivity contribution < 1.29 is 0 Å². The zero-order valence-corrected chi connectivity index (χ0v) is 14.1. The summed E-state index contributed by atoms with van der Waals surface area (Å²) < 4.78 is 1.41. The molecule has 0 aromatic heterocycles. The van der Waals surface area contributed by atoms with E-state index in [0.717, 1.165) is 0 Å². The van der Waals surface area contributed by atoms with Crippen LogP contribution < -0.4 is 4.35 Å². The Morgan fingerprint density at radius 3 is 2.05 bits per heavy atom. The van der Waals surface area contributed by atoms with E-state index in [2.05, 4.69) is 66.7 Å². The Kier molecular flexibility index (Phi) is 3.46. The van der Waals surface area contributed by atoms with E-state index in [9.17, 15) is 0 Å². The summed E-state index contributed by atoms with van der Waals surface area (Å²) >= 11 is 1.69. The van der Waals surface area contributed by atoms with Crippen molar-refractivity contribution in [3.05, 3.63) is 66.7 Å². The van der Waals surface area contributed by atoms with Gasteiger partial charge in [0.1, 0.15) is 0 Å². The molecule has 0 aliphatic heterocycles. The Labute approximate surface area is 132 Å². The van der Waals surface area contributed by atoms with E-state index in [1.54, 1.807) is 16.9 Å². The summed E-state index contributed by atoms with van der Waals surface area (Å²) in [7, 11) is 0. The Morgan fingerprint density at radius 2 is 1.25 bits per heavy atom. The molecular formula is C18H14AsCl. The second-order valence-corrected chi connectivity index (χ2v) is 6.24. The van der Waals surface area contributed by atoms with Gasteiger partial charge in [-0.2, -0.15) is 0 Å². The van der Waals surface area contributed by atoms with E-state index in [-0.39, 0.29) is 12.4 Å². The first-order valence-electron chi connectivity index (χ1n) is 6.43. The minimum absolute atomic E-state index is 0. The number of fused-ring (bicyclic) bond motifs is 4. The zero-order chi connectivity index (χ0) is 12.8. The van der Waals surface area contributed by atoms with Gasteiger partial charge >= 0.3 is 120 Å². The molecule has 2 heteroatoms. The third kappa shape index (κ3) is 2.00. The van der Waals surface area contributed by atoms with Crippen LogP contribution in [-0.4, -0.2) is 16.9 Å². The zero-order valence-electron chi connectivity index (χ0n) is 10.8. The summed E-state index contributed by atoms with van der Waals surface area (Å²) in [5.74, 6) is 0. The third-order valence-electron chi connectivity index (χ3n) is 3.76. The van der Waals surface area contributed by atoms with Crippen LogP contribution in [0.15, 0.2) is 66.7 Å². The monoisotopic (exact) mass is 340 g/mol. The van der Waals surface area contributed by atoms with E-state index in [1.165, 1.54) is 36.7 Å². The van der Waals surface area contributed by atoms with Crippen LogP contribution >= 0.6 is 12.4 Å². The molecule has 0 nitrogen and oxygen atoms in total. The molecule has 0 heterocycles. The summed E-state index contributed by atoms with van der Waals surface area (Å²) in [6.07, 6.45) is 0. The maximum absolute atomic E-state index is 2.33. The molecular weight excluding hydrogens is 327 g/mol. The first kappa shape index (κ1) is 13.5. The Bertz CT molecular complexity index is 928. The quantitative estimate of drug-likeness (QED) is 0.259. The Hall–Kier alpha value is -1.49. The van der Waals surface area contributed by atoms with E-state index in [1.807, 2.05) is 0 Å². The van der Waals surface area contributed by atoms with Gasteiger partial charge in [-0.3, -0.25) is 0 Å². The molecule has 98 valence electrons. The molecule has 1 atom stereocenters. The van der Waals surface area contributed by atoms with Crippen LogP contribution in [0.1, 0.15) is 0 Å². The summed E-state index contributed by atoms with van der Waals surface area (Å²) in [5, 5.41) is 8.08. The molecule has 1 unspecified atom stereocenters. The molecule has 0 saturated carbocycles. The molecule has 0 bridgehead atoms. The van der Waals surface area contributed by atoms with Crippen molar-refractivity contribution in [3.8, 4) is 0 Å². The van der Waals surface area contributed by atoms with Crippen LogP contribution in [0.2, 0.25) is 0 Å². The molecule has 0 N–H and O–H groups in total. The normalized spacial score (nSPS) is 10.8. The standard InChI is InChI=1S/C18H13As.ClH/c19-17-7-3-6-12-8-9-15-10-13-4-1-2-5-14(13)11-16(15)18(12)17;/h1-11H,19H2;1H. The van der Waals surface area contributed by atoms with Crippen molar-refractivity contribution in [3.63, 3.8) is 0 Å². The molecule has 0 amide bonds. The molecule has 4 aromatic carbocycles. The van der Waals surface area contributed by atoms with Gasteiger partial charge in [-0.1, -0.05) is 0 Å². The van der Waals surface area contributed by atoms with Gasteiger partial charge in [-0.15, -0.1) is 12.4 Å². The Balaban J connectivity index is 0.00000121. The number of hydrogen-bond acceptors (Lipinski definition) is 0. The number of halogens is 1. The van der Waals surface area contributed by atoms with Crippen molar-refractivity contribution in [2.45, 2.75) is 0 Å². The average molecular weight is 341 g/mol. The van der Waals surface area contributed by atoms with Gasteiger partial charge < -0.3 is 0 Å². The summed E-state index contributed by atoms with van der Waals surface area (Å²) in [6, 6.07) is 24.2. The third-order valence-corrected chi connectivity index (χ3v) is 4.77. The van der Waals surface area contributed by atoms with Gasteiger partial charge in [0.25, 0.3) is 0 Å². The van der Waals surface area contributed by atoms with Crippen molar-refractivity contribution in [1.29, 1.82) is 0 Å². The fourth-order valence-electron chi connectivity index (χ4n) is 2.83. The first-order chi connectivity index (χ1) is 9.33. The van der Waals surface area contributed by atoms with E-state index in [0.29, 0.717) is 0 Å². The van der Waals surface area contributed by atoms with Gasteiger partial charge in [-0.05, 0) is 0 Å². The summed E-state index contributed by atoms with van der Waals surface area (Å²) in [4.78, 5) is 0. The second-order valence-electron chi connectivity index (χ2n) is 4.93. The van der Waals surface area contributed by atoms with Crippen molar-refractivity contribution in [2.24, 2.45) is 0 Å². The fourth-order valence-corrected chi connectivity index (χ4v) is 3.74. The number of hydrogen-bond donors (Lipinski definition) is 0. The number of benzene rings is 4. The van der Waals surface area contributed by atoms with Crippen molar-refractivity contribution in [1.82, 2.24) is 0 Å². The predicted molar refractivity (Wildman–Crippen MR) is 94.4 cm³/mol. The molecule has 20 heavy (non-hydrogen) atoms. The molecule has 0 fully saturated rings. The van der Waals surface area contributed by atoms with Gasteiger partial charge in [0.05, 0.1) is 0 Å². The topological polar surface area (TPSA) is 0 Å². The fraction of sp³-hybridized carbons (Fsp3) is 0. The molecule has 0 saturated heterocycles. The van der Waals surface area contributed by atoms with Crippen LogP contribution in [-0.2, 0) is 0 Å². The Morgan fingerprint density at radius 1 is 0.600 bits per heavy atom. The second kappa shape index (κ2) is 5.13. The van der Waals surface area contributed by atoms with Gasteiger partial charge in [0, 0.05) is 0 Å². The summed E-state index contributed by atoms with van der Waals surface area (Å²) in [5.41, 5.74) is 0. The van der Waals surface area contributed by atoms with Gasteiger partial charge in [0.15, 0.2) is 0 Å². The van der Waals surface area contributed by atoms with Crippen LogP contribution in [0.5, 0.6) is 0 Å². The molecule has 0 spiro atoms. The van der Waals surface area contributed by atoms with Crippen LogP contribution in [0.25, 0.3) is 32.3 Å². The molecule has 4 aromatic rings. The summed E-state index contributed by atoms with van der Waals surface area (Å²) in [6.45, 7) is 0. The maximum atomic E-state index is 2.33. The molecule has 0 aliphatic rings. The molecule has 4 rings (SSSR count). The van der Waals surface area contributed by atoms with Crippen molar-refractivity contribution in [2.75, 3.05) is 0 Å². The molecule has 0 aliphatic carbocycles. The van der Waals surface area contributed by atoms with Crippen LogP contribution in [0, 0.1) is 0 Å². The van der Waals surface area contributed by atoms with E-state index < -0.39 is 0 Å². The minimum atomic E-state index is 0. The molecule has 0 radical (unpaired) electrons. The van der Waals surface area contributed by atoms with Gasteiger partial charge in [-0.25, -0.2) is 0 Å². The number of rotatable bonds is 0. The SMILES string of the molecule is Cl.[AsH2]c1cccc2ccc3cc4ccccc4cc3c12. The predicted octanol–water partition coefficient (Wildman–Crippen LogP) is 3.83. The first-order valence-corrected chi connectivity index (χ1v) is 7.64. The van der Waals surface area contributed by atoms with E-state index >= 15 is 0 Å². The van der Waals surface area contributed by atoms with Crippen LogP contribution in [0.3, 0.4) is 0 Å². The van der Waals surface area contributed by atoms with Crippen LogP contribution in [0.4, 0.5) is 0 Å². The van der Waals surface area contributed by atoms with E-state index in [4.69, 9.17) is 0 Å². The van der Waals surface area contributed by atoms with Crippen molar-refractivity contribution >= 4 is 65.9 Å². The average Bonchev–Trinajstić information content (AvgIpc) is 2.45.